The van der Waals surface area contributed by atoms with E-state index in [1.54, 1.807) is 0 Å². The zero-order chi connectivity index (χ0) is 12.3. The Morgan fingerprint density at radius 1 is 1.35 bits per heavy atom. The molecule has 0 spiro atoms. The summed E-state index contributed by atoms with van der Waals surface area (Å²) in [5.41, 5.74) is 0. The first-order valence-electron chi connectivity index (χ1n) is 6.83. The molecule has 2 fully saturated rings. The van der Waals surface area contributed by atoms with E-state index in [4.69, 9.17) is 0 Å². The van der Waals surface area contributed by atoms with E-state index >= 15 is 0 Å². The largest absolute Gasteiger partial charge is 0.311 e. The van der Waals surface area contributed by atoms with E-state index < -0.39 is 0 Å². The van der Waals surface area contributed by atoms with Crippen molar-refractivity contribution in [2.45, 2.75) is 38.1 Å². The molecule has 0 radical (unpaired) electrons. The quantitative estimate of drug-likeness (QED) is 0.848. The van der Waals surface area contributed by atoms with Crippen LogP contribution in [0.5, 0.6) is 0 Å². The van der Waals surface area contributed by atoms with Crippen LogP contribution in [0.4, 0.5) is 0 Å². The minimum Gasteiger partial charge on any atom is -0.311 e. The summed E-state index contributed by atoms with van der Waals surface area (Å²) in [5.74, 6) is 4.81. The van der Waals surface area contributed by atoms with Gasteiger partial charge in [-0.2, -0.15) is 23.5 Å². The second-order valence-corrected chi connectivity index (χ2v) is 8.19. The van der Waals surface area contributed by atoms with Crippen LogP contribution in [0, 0.1) is 5.92 Å². The molecule has 17 heavy (non-hydrogen) atoms. The molecule has 0 bridgehead atoms. The Kier molecular flexibility index (Phi) is 5.52. The van der Waals surface area contributed by atoms with Crippen LogP contribution in [0.1, 0.15) is 20.8 Å². The first-order chi connectivity index (χ1) is 8.16. The topological polar surface area (TPSA) is 15.3 Å². The van der Waals surface area contributed by atoms with Crippen molar-refractivity contribution >= 4 is 23.5 Å². The highest BCUT2D eigenvalue weighted by atomic mass is 32.2. The van der Waals surface area contributed by atoms with E-state index in [2.05, 4.69) is 54.5 Å². The summed E-state index contributed by atoms with van der Waals surface area (Å²) in [6, 6.07) is 1.39. The highest BCUT2D eigenvalue weighted by Gasteiger charge is 2.28. The van der Waals surface area contributed by atoms with Gasteiger partial charge in [0.25, 0.3) is 0 Å². The number of piperazine rings is 1. The van der Waals surface area contributed by atoms with Crippen LogP contribution in [-0.4, -0.2) is 59.1 Å². The van der Waals surface area contributed by atoms with Crippen LogP contribution < -0.4 is 5.32 Å². The van der Waals surface area contributed by atoms with Crippen LogP contribution in [0.15, 0.2) is 0 Å². The Morgan fingerprint density at radius 3 is 2.82 bits per heavy atom. The minimum absolute atomic E-state index is 0.687. The lowest BCUT2D eigenvalue weighted by molar-refractivity contribution is 0.125. The zero-order valence-electron chi connectivity index (χ0n) is 11.3. The summed E-state index contributed by atoms with van der Waals surface area (Å²) in [6.07, 6.45) is 0. The second kappa shape index (κ2) is 6.69. The molecule has 2 rings (SSSR count). The SMILES string of the molecule is CC(C)C1CN(CC2CSCCS2)C(C)CN1. The van der Waals surface area contributed by atoms with Gasteiger partial charge in [-0.1, -0.05) is 13.8 Å². The van der Waals surface area contributed by atoms with Gasteiger partial charge in [0.05, 0.1) is 0 Å². The maximum Gasteiger partial charge on any atom is 0.0265 e. The lowest BCUT2D eigenvalue weighted by Gasteiger charge is -2.42. The third-order valence-electron chi connectivity index (χ3n) is 3.86. The maximum atomic E-state index is 3.68. The third kappa shape index (κ3) is 4.05. The van der Waals surface area contributed by atoms with Gasteiger partial charge in [-0.25, -0.2) is 0 Å². The fraction of sp³-hybridized carbons (Fsp3) is 1.00. The molecule has 0 saturated carbocycles. The van der Waals surface area contributed by atoms with E-state index in [0.29, 0.717) is 12.1 Å². The molecule has 100 valence electrons. The fourth-order valence-electron chi connectivity index (χ4n) is 2.55. The van der Waals surface area contributed by atoms with Crippen molar-refractivity contribution in [1.29, 1.82) is 0 Å². The van der Waals surface area contributed by atoms with E-state index in [1.807, 2.05) is 0 Å². The summed E-state index contributed by atoms with van der Waals surface area (Å²) in [4.78, 5) is 2.71. The van der Waals surface area contributed by atoms with Crippen LogP contribution in [0.2, 0.25) is 0 Å². The van der Waals surface area contributed by atoms with Gasteiger partial charge in [0.1, 0.15) is 0 Å². The van der Waals surface area contributed by atoms with Crippen LogP contribution >= 0.6 is 23.5 Å². The monoisotopic (exact) mass is 274 g/mol. The molecular weight excluding hydrogens is 248 g/mol. The van der Waals surface area contributed by atoms with Crippen molar-refractivity contribution in [3.05, 3.63) is 0 Å². The average Bonchev–Trinajstić information content (AvgIpc) is 2.33. The molecule has 3 atom stereocenters. The fourth-order valence-corrected chi connectivity index (χ4v) is 5.25. The van der Waals surface area contributed by atoms with Gasteiger partial charge in [0.2, 0.25) is 0 Å². The van der Waals surface area contributed by atoms with E-state index in [-0.39, 0.29) is 0 Å². The summed E-state index contributed by atoms with van der Waals surface area (Å²) in [7, 11) is 0. The van der Waals surface area contributed by atoms with Gasteiger partial charge in [-0.05, 0) is 12.8 Å². The summed E-state index contributed by atoms with van der Waals surface area (Å²) in [6.45, 7) is 10.7. The molecule has 3 unspecified atom stereocenters. The summed E-state index contributed by atoms with van der Waals surface area (Å²) in [5, 5.41) is 4.54. The summed E-state index contributed by atoms with van der Waals surface area (Å²) < 4.78 is 0. The molecule has 4 heteroatoms. The van der Waals surface area contributed by atoms with Crippen LogP contribution in [0.3, 0.4) is 0 Å². The number of nitrogens with one attached hydrogen (secondary N) is 1. The van der Waals surface area contributed by atoms with E-state index in [9.17, 15) is 0 Å². The van der Waals surface area contributed by atoms with Gasteiger partial charge < -0.3 is 5.32 Å². The van der Waals surface area contributed by atoms with Crippen LogP contribution in [0.25, 0.3) is 0 Å². The van der Waals surface area contributed by atoms with Gasteiger partial charge >= 0.3 is 0 Å². The Labute approximate surface area is 115 Å². The molecule has 0 aromatic rings. The zero-order valence-corrected chi connectivity index (χ0v) is 12.9. The summed E-state index contributed by atoms with van der Waals surface area (Å²) >= 11 is 4.32. The molecule has 2 saturated heterocycles. The number of nitrogens with zero attached hydrogens (tertiary/aromatic N) is 1. The van der Waals surface area contributed by atoms with E-state index in [1.165, 1.54) is 30.3 Å². The van der Waals surface area contributed by atoms with Crippen molar-refractivity contribution in [2.24, 2.45) is 5.92 Å². The van der Waals surface area contributed by atoms with Crippen molar-refractivity contribution in [1.82, 2.24) is 10.2 Å². The molecule has 2 aliphatic heterocycles. The molecule has 2 nitrogen and oxygen atoms in total. The molecule has 0 aromatic heterocycles. The minimum atomic E-state index is 0.687. The lowest BCUT2D eigenvalue weighted by atomic mass is 10.00. The first-order valence-corrected chi connectivity index (χ1v) is 9.04. The first kappa shape index (κ1) is 14.0. The van der Waals surface area contributed by atoms with Crippen molar-refractivity contribution in [2.75, 3.05) is 36.9 Å². The molecule has 1 N–H and O–H groups in total. The second-order valence-electron chi connectivity index (χ2n) is 5.63. The molecule has 2 aliphatic rings. The van der Waals surface area contributed by atoms with E-state index in [0.717, 1.165) is 17.7 Å². The average molecular weight is 274 g/mol. The van der Waals surface area contributed by atoms with Crippen molar-refractivity contribution in [3.8, 4) is 0 Å². The molecule has 2 heterocycles. The van der Waals surface area contributed by atoms with Gasteiger partial charge in [0, 0.05) is 54.2 Å². The Morgan fingerprint density at radius 2 is 2.18 bits per heavy atom. The molecule has 0 aliphatic carbocycles. The van der Waals surface area contributed by atoms with Crippen molar-refractivity contribution < 1.29 is 0 Å². The van der Waals surface area contributed by atoms with Crippen molar-refractivity contribution in [3.63, 3.8) is 0 Å². The maximum absolute atomic E-state index is 3.68. The van der Waals surface area contributed by atoms with Crippen LogP contribution in [-0.2, 0) is 0 Å². The number of thioether (sulfide) groups is 2. The predicted molar refractivity (Wildman–Crippen MR) is 81.2 cm³/mol. The molecule has 0 amide bonds. The normalized spacial score (nSPS) is 36.4. The molecule has 0 aromatic carbocycles. The predicted octanol–water partition coefficient (Wildman–Crippen LogP) is 2.15. The highest BCUT2D eigenvalue weighted by molar-refractivity contribution is 8.06. The van der Waals surface area contributed by atoms with Gasteiger partial charge in [-0.15, -0.1) is 0 Å². The smallest absolute Gasteiger partial charge is 0.0265 e. The third-order valence-corrected chi connectivity index (χ3v) is 6.69. The van der Waals surface area contributed by atoms with Gasteiger partial charge in [-0.3, -0.25) is 4.90 Å². The number of hydrogen-bond donors (Lipinski definition) is 1. The number of rotatable bonds is 3. The Hall–Kier alpha value is 0.620. The molecular formula is C13H26N2S2. The Bertz CT molecular complexity index is 229. The number of hydrogen-bond acceptors (Lipinski definition) is 4. The highest BCUT2D eigenvalue weighted by Crippen LogP contribution is 2.26. The lowest BCUT2D eigenvalue weighted by Crippen LogP contribution is -2.58. The Balaban J connectivity index is 1.84. The van der Waals surface area contributed by atoms with Gasteiger partial charge in [0.15, 0.2) is 0 Å². The standard InChI is InChI=1S/C13H26N2S2/c1-10(2)13-8-15(11(3)6-14-13)7-12-9-16-4-5-17-12/h10-14H,4-9H2,1-3H3.